The van der Waals surface area contributed by atoms with Crippen LogP contribution in [0.5, 0.6) is 0 Å². The molecule has 2 aromatic carbocycles. The van der Waals surface area contributed by atoms with E-state index in [-0.39, 0.29) is 5.82 Å². The van der Waals surface area contributed by atoms with Gasteiger partial charge in [0.05, 0.1) is 5.39 Å². The van der Waals surface area contributed by atoms with Crippen LogP contribution in [0.2, 0.25) is 5.02 Å². The van der Waals surface area contributed by atoms with Crippen molar-refractivity contribution in [2.75, 3.05) is 39.0 Å². The maximum absolute atomic E-state index is 15.5. The molecule has 1 aliphatic carbocycles. The molecule has 1 aliphatic heterocycles. The number of aromatic nitrogens is 3. The fourth-order valence-corrected chi connectivity index (χ4v) is 6.47. The summed E-state index contributed by atoms with van der Waals surface area (Å²) < 4.78 is 35.3. The molecule has 2 fully saturated rings. The van der Waals surface area contributed by atoms with Crippen LogP contribution in [-0.4, -0.2) is 72.4 Å². The Labute approximate surface area is 253 Å². The highest BCUT2D eigenvalue weighted by Crippen LogP contribution is 2.40. The summed E-state index contributed by atoms with van der Waals surface area (Å²) in [6.07, 6.45) is 8.16. The molecule has 4 N–H and O–H groups in total. The number of hydrogen-bond acceptors (Lipinski definition) is 7. The highest BCUT2D eigenvalue weighted by atomic mass is 35.5. The van der Waals surface area contributed by atoms with Crippen molar-refractivity contribution in [3.63, 3.8) is 0 Å². The predicted molar refractivity (Wildman–Crippen MR) is 166 cm³/mol. The van der Waals surface area contributed by atoms with E-state index in [1.54, 1.807) is 6.07 Å². The first-order valence-corrected chi connectivity index (χ1v) is 15.6. The second kappa shape index (κ2) is 13.2. The molecule has 0 spiro atoms. The van der Waals surface area contributed by atoms with Crippen LogP contribution in [-0.2, 0) is 11.3 Å². The second-order valence-corrected chi connectivity index (χ2v) is 12.0. The summed E-state index contributed by atoms with van der Waals surface area (Å²) in [7, 11) is 2.20. The number of halogens is 2. The Morgan fingerprint density at radius 2 is 1.67 bits per heavy atom. The van der Waals surface area contributed by atoms with Gasteiger partial charge in [-0.05, 0) is 68.5 Å². The molecule has 12 heteroatoms. The number of nitrogens with two attached hydrogens (primary N) is 2. The van der Waals surface area contributed by atoms with Crippen LogP contribution in [0.4, 0.5) is 10.2 Å². The van der Waals surface area contributed by atoms with Crippen molar-refractivity contribution in [2.45, 2.75) is 44.7 Å². The van der Waals surface area contributed by atoms with Gasteiger partial charge in [0.2, 0.25) is 0 Å². The van der Waals surface area contributed by atoms with E-state index < -0.39 is 11.3 Å². The minimum Gasteiger partial charge on any atom is -0.760 e. The number of benzene rings is 2. The molecule has 9 nitrogen and oxygen atoms in total. The molecule has 42 heavy (non-hydrogen) atoms. The van der Waals surface area contributed by atoms with Crippen LogP contribution in [0.15, 0.2) is 48.9 Å². The Balaban J connectivity index is 0.000000830. The van der Waals surface area contributed by atoms with Gasteiger partial charge in [-0.25, -0.2) is 14.4 Å². The number of anilines is 1. The third kappa shape index (κ3) is 6.51. The van der Waals surface area contributed by atoms with Crippen molar-refractivity contribution in [1.29, 1.82) is 0 Å². The second-order valence-electron chi connectivity index (χ2n) is 11.1. The Bertz CT molecular complexity index is 1580. The van der Waals surface area contributed by atoms with Crippen LogP contribution in [0.1, 0.15) is 37.3 Å². The molecule has 1 unspecified atom stereocenters. The molecule has 1 saturated carbocycles. The zero-order valence-electron chi connectivity index (χ0n) is 23.8. The lowest BCUT2D eigenvalue weighted by molar-refractivity contribution is 0.0828. The monoisotopic (exact) mass is 612 g/mol. The summed E-state index contributed by atoms with van der Waals surface area (Å²) in [6, 6.07) is 11.9. The van der Waals surface area contributed by atoms with Crippen LogP contribution in [0.3, 0.4) is 0 Å². The topological polar surface area (TPSA) is 129 Å². The van der Waals surface area contributed by atoms with Crippen LogP contribution in [0.25, 0.3) is 33.3 Å². The first-order valence-electron chi connectivity index (χ1n) is 14.1. The Kier molecular flexibility index (Phi) is 9.56. The van der Waals surface area contributed by atoms with Crippen molar-refractivity contribution in [3.05, 3.63) is 65.3 Å². The maximum atomic E-state index is 15.5. The summed E-state index contributed by atoms with van der Waals surface area (Å²) in [5, 5.41) is 5.45. The molecule has 0 amide bonds. The van der Waals surface area contributed by atoms with Crippen molar-refractivity contribution < 1.29 is 13.2 Å². The van der Waals surface area contributed by atoms with Gasteiger partial charge in [0.15, 0.2) is 0 Å². The van der Waals surface area contributed by atoms with E-state index in [2.05, 4.69) is 42.7 Å². The first kappa shape index (κ1) is 30.5. The first-order chi connectivity index (χ1) is 20.1. The molecular weight excluding hydrogens is 577 g/mol. The van der Waals surface area contributed by atoms with E-state index in [9.17, 15) is 0 Å². The molecule has 6 rings (SSSR count). The third-order valence-corrected chi connectivity index (χ3v) is 9.00. The van der Waals surface area contributed by atoms with E-state index in [1.807, 2.05) is 37.3 Å². The van der Waals surface area contributed by atoms with E-state index in [1.165, 1.54) is 19.2 Å². The summed E-state index contributed by atoms with van der Waals surface area (Å²) in [4.78, 5) is 14.0. The number of nitrogens with zero attached hydrogens (tertiary/aromatic N) is 5. The SMILES string of the molecule is Cc1c(Cl)cccc1-c1ccc(-c2cn(C3CCC(N4CCN(C)CC4)CC3)c3ncnc(N)c23)cc1F.NS(=O)[O-]. The lowest BCUT2D eigenvalue weighted by Gasteiger charge is -2.41. The molecular formula is C30H36ClFN7O2S-. The van der Waals surface area contributed by atoms with Gasteiger partial charge < -0.3 is 19.8 Å². The van der Waals surface area contributed by atoms with Gasteiger partial charge in [-0.3, -0.25) is 14.2 Å². The highest BCUT2D eigenvalue weighted by molar-refractivity contribution is 7.76. The molecule has 224 valence electrons. The molecule has 2 aromatic heterocycles. The number of nitrogen functional groups attached to an aromatic ring is 1. The van der Waals surface area contributed by atoms with Gasteiger partial charge >= 0.3 is 0 Å². The molecule has 1 atom stereocenters. The van der Waals surface area contributed by atoms with E-state index in [4.69, 9.17) is 26.1 Å². The van der Waals surface area contributed by atoms with Gasteiger partial charge in [0, 0.05) is 71.9 Å². The number of piperazine rings is 1. The largest absolute Gasteiger partial charge is 0.760 e. The Hall–Kier alpha value is -2.93. The fourth-order valence-electron chi connectivity index (χ4n) is 6.29. The van der Waals surface area contributed by atoms with Gasteiger partial charge in [-0.2, -0.15) is 0 Å². The van der Waals surface area contributed by atoms with Gasteiger partial charge in [-0.15, -0.1) is 0 Å². The molecule has 0 bridgehead atoms. The smallest absolute Gasteiger partial charge is 0.146 e. The van der Waals surface area contributed by atoms with Gasteiger partial charge in [0.1, 0.15) is 23.6 Å². The van der Waals surface area contributed by atoms with Gasteiger partial charge in [-0.1, -0.05) is 35.9 Å². The zero-order valence-corrected chi connectivity index (χ0v) is 25.4. The molecule has 3 heterocycles. The number of hydrogen-bond donors (Lipinski definition) is 2. The summed E-state index contributed by atoms with van der Waals surface area (Å²) >= 11 is 3.94. The summed E-state index contributed by atoms with van der Waals surface area (Å²) in [6.45, 7) is 6.52. The van der Waals surface area contributed by atoms with E-state index >= 15 is 4.39 Å². The molecule has 2 aliphatic rings. The van der Waals surface area contributed by atoms with Crippen molar-refractivity contribution in [3.8, 4) is 22.3 Å². The summed E-state index contributed by atoms with van der Waals surface area (Å²) in [5.74, 6) is 0.127. The minimum atomic E-state index is -2.36. The van der Waals surface area contributed by atoms with E-state index in [0.29, 0.717) is 28.5 Å². The molecule has 0 radical (unpaired) electrons. The van der Waals surface area contributed by atoms with Crippen LogP contribution < -0.4 is 10.9 Å². The Morgan fingerprint density at radius 1 is 1.00 bits per heavy atom. The quantitative estimate of drug-likeness (QED) is 0.313. The number of likely N-dealkylation sites (N-methyl/N-ethyl adjacent to an activating group) is 1. The molecule has 1 saturated heterocycles. The van der Waals surface area contributed by atoms with Crippen LogP contribution >= 0.6 is 11.6 Å². The van der Waals surface area contributed by atoms with E-state index in [0.717, 1.165) is 72.3 Å². The average molecular weight is 613 g/mol. The van der Waals surface area contributed by atoms with Crippen molar-refractivity contribution in [1.82, 2.24) is 24.3 Å². The average Bonchev–Trinajstić information content (AvgIpc) is 3.36. The van der Waals surface area contributed by atoms with Gasteiger partial charge in [0.25, 0.3) is 0 Å². The fraction of sp³-hybridized carbons (Fsp3) is 0.400. The minimum absolute atomic E-state index is 0.295. The van der Waals surface area contributed by atoms with Crippen molar-refractivity contribution in [2.24, 2.45) is 5.14 Å². The third-order valence-electron chi connectivity index (χ3n) is 8.59. The normalized spacial score (nSPS) is 20.7. The highest BCUT2D eigenvalue weighted by Gasteiger charge is 2.30. The maximum Gasteiger partial charge on any atom is 0.146 e. The predicted octanol–water partition coefficient (Wildman–Crippen LogP) is 4.92. The standard InChI is InChI=1S/C30H34ClFN6.H3NO2S/c1-19-23(4-3-5-26(19)31)24-11-6-20(16-27(24)32)25-17-38(30-28(25)29(33)34-18-35-30)22-9-7-21(8-10-22)37-14-12-36(2)13-15-37;1-4(2)3/h3-6,11,16-18,21-22H,7-10,12-15H2,1-2H3,(H2,33,34,35);1H2,(H,2,3)/p-1. The van der Waals surface area contributed by atoms with Crippen molar-refractivity contribution >= 4 is 39.7 Å². The summed E-state index contributed by atoms with van der Waals surface area (Å²) in [5.41, 5.74) is 11.0. The lowest BCUT2D eigenvalue weighted by atomic mass is 9.89. The Morgan fingerprint density at radius 3 is 2.33 bits per heavy atom. The van der Waals surface area contributed by atoms with Crippen LogP contribution in [0, 0.1) is 12.7 Å². The number of fused-ring (bicyclic) bond motifs is 1. The molecule has 4 aromatic rings. The number of rotatable bonds is 4. The lowest BCUT2D eigenvalue weighted by Crippen LogP contribution is -2.49. The zero-order chi connectivity index (χ0) is 30.0.